The number of aliphatic carboxylic acids is 3. The Hall–Kier alpha value is -6.11. The Morgan fingerprint density at radius 3 is 1.65 bits per heavy atom. The zero-order chi connectivity index (χ0) is 47.9. The van der Waals surface area contributed by atoms with Crippen molar-refractivity contribution >= 4 is 92.7 Å². The molecule has 0 radical (unpaired) electrons. The summed E-state index contributed by atoms with van der Waals surface area (Å²) in [6.07, 6.45) is -7.06. The highest BCUT2D eigenvalue weighted by Crippen LogP contribution is 2.23. The van der Waals surface area contributed by atoms with E-state index in [4.69, 9.17) is 32.8 Å². The quantitative estimate of drug-likeness (QED) is 0.0420. The van der Waals surface area contributed by atoms with E-state index >= 15 is 0 Å². The molecule has 1 saturated heterocycles. The largest absolute Gasteiger partial charge is 0.490 e. The minimum absolute atomic E-state index is 0.0237. The first-order valence-corrected chi connectivity index (χ1v) is 20.3. The maximum atomic E-state index is 13.3. The van der Waals surface area contributed by atoms with E-state index in [1.165, 1.54) is 13.8 Å². The van der Waals surface area contributed by atoms with E-state index in [1.807, 2.05) is 0 Å². The van der Waals surface area contributed by atoms with Gasteiger partial charge in [-0.15, -0.1) is 0 Å². The maximum Gasteiger partial charge on any atom is 0.490 e. The minimum atomic E-state index is -5.08. The molecule has 1 rings (SSSR count). The number of nitrogens with zero attached hydrogens (tertiary/aromatic N) is 1. The molecule has 1 aliphatic rings. The van der Waals surface area contributed by atoms with Gasteiger partial charge in [-0.1, -0.05) is 35.4 Å². The van der Waals surface area contributed by atoms with Crippen LogP contribution in [0.2, 0.25) is 0 Å². The lowest BCUT2D eigenvalue weighted by molar-refractivity contribution is -0.192. The van der Waals surface area contributed by atoms with Crippen LogP contribution < -0.4 is 60.2 Å². The third kappa shape index (κ3) is 23.6. The Morgan fingerprint density at radius 1 is 0.710 bits per heavy atom. The summed E-state index contributed by atoms with van der Waals surface area (Å²) >= 11 is 0. The number of alkyl halides is 3. The Kier molecular flexibility index (Phi) is 25.0. The summed E-state index contributed by atoms with van der Waals surface area (Å²) in [5.41, 5.74) is 22.0. The normalized spacial score (nSPS) is 23.2. The minimum Gasteiger partial charge on any atom is -0.481 e. The molecule has 1 fully saturated rings. The predicted molar refractivity (Wildman–Crippen MR) is 211 cm³/mol. The molecule has 31 heteroatoms. The number of carbonyl (C=O) groups excluding carboxylic acids is 8. The van der Waals surface area contributed by atoms with E-state index in [9.17, 15) is 71.3 Å². The number of hydrogen-bond acceptors (Lipinski definition) is 15. The van der Waals surface area contributed by atoms with Crippen LogP contribution >= 0.6 is 21.6 Å². The first kappa shape index (κ1) is 55.9. The van der Waals surface area contributed by atoms with Crippen molar-refractivity contribution in [3.63, 3.8) is 0 Å². The van der Waals surface area contributed by atoms with Crippen LogP contribution in [0.25, 0.3) is 0 Å². The van der Waals surface area contributed by atoms with Crippen molar-refractivity contribution in [1.29, 1.82) is 0 Å². The number of carboxylic acid groups (broad SMARTS) is 3. The number of nitrogens with two attached hydrogens (primary N) is 4. The van der Waals surface area contributed by atoms with Gasteiger partial charge in [0.15, 0.2) is 5.96 Å². The van der Waals surface area contributed by atoms with Crippen LogP contribution in [0, 0.1) is 5.92 Å². The van der Waals surface area contributed by atoms with Crippen LogP contribution in [0.1, 0.15) is 39.5 Å². The summed E-state index contributed by atoms with van der Waals surface area (Å²) in [5, 5.41) is 41.8. The van der Waals surface area contributed by atoms with Crippen LogP contribution in [-0.2, 0) is 52.7 Å². The van der Waals surface area contributed by atoms with Crippen molar-refractivity contribution in [1.82, 2.24) is 37.2 Å². The molecule has 18 N–H and O–H groups in total. The van der Waals surface area contributed by atoms with Gasteiger partial charge in [-0.25, -0.2) is 4.79 Å². The SMILES string of the molecule is CC(C)C1NC(=O)[C@@H](CC(=O)O)NC(=O)[C@H](CC(=O)O)NC(=O)CNC(=O)[C@H](CCCN=C(N)N)NC(=O)CNC(=O)[C@H](N)CSSC[C@H](C(N)=O)NC1=O.O=C(O)C(F)(F)F. The summed E-state index contributed by atoms with van der Waals surface area (Å²) in [7, 11) is 2.05. The first-order chi connectivity index (χ1) is 28.7. The second-order valence-electron chi connectivity index (χ2n) is 13.1. The number of primary amides is 1. The van der Waals surface area contributed by atoms with Crippen molar-refractivity contribution in [2.24, 2.45) is 33.8 Å². The summed E-state index contributed by atoms with van der Waals surface area (Å²) in [5.74, 6) is -14.9. The summed E-state index contributed by atoms with van der Waals surface area (Å²) in [4.78, 5) is 139. The van der Waals surface area contributed by atoms with E-state index in [2.05, 4.69) is 42.2 Å². The van der Waals surface area contributed by atoms with Gasteiger partial charge in [0.2, 0.25) is 47.3 Å². The van der Waals surface area contributed by atoms with Crippen molar-refractivity contribution < 1.29 is 81.2 Å². The lowest BCUT2D eigenvalue weighted by atomic mass is 10.0. The molecule has 26 nitrogen and oxygen atoms in total. The molecule has 0 aromatic heterocycles. The summed E-state index contributed by atoms with van der Waals surface area (Å²) in [6, 6.07) is -8.93. The molecule has 8 amide bonds. The molecular formula is C31H49F3N12O14S2. The molecule has 1 heterocycles. The van der Waals surface area contributed by atoms with Gasteiger partial charge >= 0.3 is 24.1 Å². The lowest BCUT2D eigenvalue weighted by Crippen LogP contribution is -2.60. The number of halogens is 3. The van der Waals surface area contributed by atoms with E-state index in [0.29, 0.717) is 0 Å². The van der Waals surface area contributed by atoms with Gasteiger partial charge in [-0.05, 0) is 18.8 Å². The average molecular weight is 935 g/mol. The number of aliphatic imine (C=N–C) groups is 1. The molecule has 62 heavy (non-hydrogen) atoms. The second kappa shape index (κ2) is 27.7. The third-order valence-corrected chi connectivity index (χ3v) is 9.99. The maximum absolute atomic E-state index is 13.3. The number of carbonyl (C=O) groups is 11. The van der Waals surface area contributed by atoms with Gasteiger partial charge in [-0.3, -0.25) is 52.9 Å². The number of carboxylic acids is 3. The average Bonchev–Trinajstić information content (AvgIpc) is 3.15. The predicted octanol–water partition coefficient (Wildman–Crippen LogP) is -5.86. The van der Waals surface area contributed by atoms with Crippen LogP contribution in [0.3, 0.4) is 0 Å². The highest BCUT2D eigenvalue weighted by atomic mass is 33.1. The van der Waals surface area contributed by atoms with Gasteiger partial charge in [-0.2, -0.15) is 13.2 Å². The fourth-order valence-electron chi connectivity index (χ4n) is 4.45. The Bertz CT molecular complexity index is 1690. The molecule has 350 valence electrons. The second-order valence-corrected chi connectivity index (χ2v) is 15.6. The smallest absolute Gasteiger partial charge is 0.481 e. The van der Waals surface area contributed by atoms with Gasteiger partial charge in [0.1, 0.15) is 30.2 Å². The highest BCUT2D eigenvalue weighted by Gasteiger charge is 2.38. The van der Waals surface area contributed by atoms with E-state index in [1.54, 1.807) is 0 Å². The standard InChI is InChI=1S/C29H48N12O12S2.C2HF3O2/c1-12(2)22-28(53)40-17(23(31)48)11-55-54-10-13(30)24(49)35-8-18(42)37-14(4-3-5-34-29(32)33)25(50)36-9-19(43)38-15(6-20(44)45)26(51)39-16(7-21(46)47)27(52)41-22;3-2(4,5)1(6)7/h12-17,22H,3-11,30H2,1-2H3,(H2,31,48)(H,35,49)(H,36,50)(H,37,42)(H,38,43)(H,39,51)(H,40,53)(H,41,52)(H,44,45)(H,46,47)(H4,32,33,34);(H,6,7)/t13-,14+,15+,16-,17-,22?;/m1./s1. The number of hydrogen-bond donors (Lipinski definition) is 14. The molecule has 0 bridgehead atoms. The summed E-state index contributed by atoms with van der Waals surface area (Å²) < 4.78 is 31.7. The molecule has 0 aromatic rings. The van der Waals surface area contributed by atoms with Gasteiger partial charge in [0.05, 0.1) is 32.0 Å². The van der Waals surface area contributed by atoms with Crippen molar-refractivity contribution in [2.75, 3.05) is 31.1 Å². The molecule has 0 saturated carbocycles. The Labute approximate surface area is 357 Å². The fraction of sp³-hybridized carbons (Fsp3) is 0.613. The molecule has 1 aliphatic heterocycles. The highest BCUT2D eigenvalue weighted by molar-refractivity contribution is 8.76. The van der Waals surface area contributed by atoms with Crippen molar-refractivity contribution in [3.05, 3.63) is 0 Å². The molecule has 0 aliphatic carbocycles. The van der Waals surface area contributed by atoms with E-state index in [0.717, 1.165) is 21.6 Å². The molecule has 6 atom stereocenters. The lowest BCUT2D eigenvalue weighted by Gasteiger charge is -2.27. The van der Waals surface area contributed by atoms with Gasteiger partial charge in [0, 0.05) is 18.1 Å². The fourth-order valence-corrected chi connectivity index (χ4v) is 6.75. The molecule has 1 unspecified atom stereocenters. The van der Waals surface area contributed by atoms with Crippen LogP contribution in [0.5, 0.6) is 0 Å². The number of nitrogens with one attached hydrogen (secondary N) is 7. The number of rotatable bonds is 10. The Morgan fingerprint density at radius 2 is 1.18 bits per heavy atom. The van der Waals surface area contributed by atoms with Crippen molar-refractivity contribution in [2.45, 2.75) is 82.0 Å². The molecule has 0 aromatic carbocycles. The topological polar surface area (TPSA) is 449 Å². The van der Waals surface area contributed by atoms with Gasteiger partial charge in [0.25, 0.3) is 0 Å². The molecular weight excluding hydrogens is 886 g/mol. The van der Waals surface area contributed by atoms with Crippen molar-refractivity contribution in [3.8, 4) is 0 Å². The molecule has 0 spiro atoms. The monoisotopic (exact) mass is 934 g/mol. The summed E-state index contributed by atoms with van der Waals surface area (Å²) in [6.45, 7) is 1.63. The van der Waals surface area contributed by atoms with Crippen LogP contribution in [0.4, 0.5) is 13.2 Å². The first-order valence-electron chi connectivity index (χ1n) is 17.8. The third-order valence-electron chi connectivity index (χ3n) is 7.54. The Balaban J connectivity index is 0.00000486. The van der Waals surface area contributed by atoms with Crippen LogP contribution in [0.15, 0.2) is 4.99 Å². The van der Waals surface area contributed by atoms with E-state index in [-0.39, 0.29) is 36.9 Å². The zero-order valence-electron chi connectivity index (χ0n) is 32.9. The number of guanidine groups is 1. The van der Waals surface area contributed by atoms with E-state index < -0.39 is 139 Å². The number of amides is 8. The van der Waals surface area contributed by atoms with Gasteiger partial charge < -0.3 is 75.5 Å². The van der Waals surface area contributed by atoms with Crippen LogP contribution in [-0.4, -0.2) is 160 Å². The zero-order valence-corrected chi connectivity index (χ0v) is 34.6.